The highest BCUT2D eigenvalue weighted by molar-refractivity contribution is 6.35. The molecule has 1 aliphatic carbocycles. The lowest BCUT2D eigenvalue weighted by Gasteiger charge is -2.35. The lowest BCUT2D eigenvalue weighted by Crippen LogP contribution is -2.40. The summed E-state index contributed by atoms with van der Waals surface area (Å²) in [7, 11) is 0. The Morgan fingerprint density at radius 2 is 1.88 bits per heavy atom. The molecule has 0 bridgehead atoms. The van der Waals surface area contributed by atoms with Gasteiger partial charge in [0.2, 0.25) is 0 Å². The van der Waals surface area contributed by atoms with Gasteiger partial charge in [-0.1, -0.05) is 37.8 Å². The van der Waals surface area contributed by atoms with Crippen LogP contribution in [-0.2, 0) is 19.2 Å². The van der Waals surface area contributed by atoms with E-state index in [2.05, 4.69) is 15.3 Å². The fourth-order valence-electron chi connectivity index (χ4n) is 2.89. The number of ether oxygens (including phenoxy) is 1. The van der Waals surface area contributed by atoms with Crippen LogP contribution in [-0.4, -0.2) is 42.0 Å². The smallest absolute Gasteiger partial charge is 0.433 e. The molecule has 8 heteroatoms. The van der Waals surface area contributed by atoms with E-state index in [0.717, 1.165) is 44.9 Å². The zero-order chi connectivity index (χ0) is 18.7. The monoisotopic (exact) mass is 356 g/mol. The van der Waals surface area contributed by atoms with Gasteiger partial charge in [-0.15, -0.1) is 0 Å². The van der Waals surface area contributed by atoms with Crippen LogP contribution >= 0.6 is 0 Å². The van der Waals surface area contributed by atoms with Gasteiger partial charge in [-0.3, -0.25) is 9.63 Å². The van der Waals surface area contributed by atoms with Gasteiger partial charge in [-0.25, -0.2) is 9.59 Å². The molecule has 25 heavy (non-hydrogen) atoms. The largest absolute Gasteiger partial charge is 0.481 e. The molecular weight excluding hydrogens is 328 g/mol. The standard InChI is InChI=1S/C17H28N2O6/c1-3-4-10-24-15(22)13(2)19-25-16(23)18-12-17(11-14(20)21)8-6-5-7-9-17/h3-12H2,1-2H3,(H,18,23)(H,20,21). The van der Waals surface area contributed by atoms with Crippen molar-refractivity contribution in [2.45, 2.75) is 65.2 Å². The van der Waals surface area contributed by atoms with Crippen molar-refractivity contribution in [1.29, 1.82) is 0 Å². The first-order valence-corrected chi connectivity index (χ1v) is 8.77. The molecule has 8 nitrogen and oxygen atoms in total. The minimum absolute atomic E-state index is 0.0132. The summed E-state index contributed by atoms with van der Waals surface area (Å²) >= 11 is 0. The van der Waals surface area contributed by atoms with E-state index >= 15 is 0 Å². The predicted octanol–water partition coefficient (Wildman–Crippen LogP) is 2.86. The van der Waals surface area contributed by atoms with E-state index < -0.39 is 23.4 Å². The van der Waals surface area contributed by atoms with Gasteiger partial charge in [0.25, 0.3) is 0 Å². The van der Waals surface area contributed by atoms with E-state index in [4.69, 9.17) is 9.84 Å². The Hall–Kier alpha value is -2.12. The van der Waals surface area contributed by atoms with Crippen molar-refractivity contribution in [3.8, 4) is 0 Å². The van der Waals surface area contributed by atoms with E-state index in [-0.39, 0.29) is 18.7 Å². The van der Waals surface area contributed by atoms with E-state index in [1.165, 1.54) is 6.92 Å². The highest BCUT2D eigenvalue weighted by Crippen LogP contribution is 2.38. The average molecular weight is 356 g/mol. The summed E-state index contributed by atoms with van der Waals surface area (Å²) in [4.78, 5) is 39.1. The minimum Gasteiger partial charge on any atom is -0.481 e. The first-order chi connectivity index (χ1) is 11.9. The van der Waals surface area contributed by atoms with Crippen LogP contribution in [0.15, 0.2) is 5.16 Å². The highest BCUT2D eigenvalue weighted by atomic mass is 16.7. The predicted molar refractivity (Wildman–Crippen MR) is 91.2 cm³/mol. The lowest BCUT2D eigenvalue weighted by molar-refractivity contribution is -0.140. The van der Waals surface area contributed by atoms with Crippen molar-refractivity contribution in [3.05, 3.63) is 0 Å². The van der Waals surface area contributed by atoms with Crippen molar-refractivity contribution in [2.24, 2.45) is 10.6 Å². The van der Waals surface area contributed by atoms with E-state index in [1.54, 1.807) is 0 Å². The normalized spacial score (nSPS) is 16.8. The first kappa shape index (κ1) is 20.9. The average Bonchev–Trinajstić information content (AvgIpc) is 2.58. The van der Waals surface area contributed by atoms with Crippen molar-refractivity contribution in [2.75, 3.05) is 13.2 Å². The first-order valence-electron chi connectivity index (χ1n) is 8.77. The molecule has 0 aromatic heterocycles. The van der Waals surface area contributed by atoms with Gasteiger partial charge in [0, 0.05) is 6.54 Å². The summed E-state index contributed by atoms with van der Waals surface area (Å²) in [5.41, 5.74) is -0.495. The maximum atomic E-state index is 11.8. The van der Waals surface area contributed by atoms with Gasteiger partial charge < -0.3 is 15.2 Å². The molecule has 0 saturated heterocycles. The number of carboxylic acid groups (broad SMARTS) is 1. The van der Waals surface area contributed by atoms with Crippen molar-refractivity contribution in [3.63, 3.8) is 0 Å². The Labute approximate surface area is 147 Å². The lowest BCUT2D eigenvalue weighted by atomic mass is 9.72. The number of nitrogens with one attached hydrogen (secondary N) is 1. The number of rotatable bonds is 9. The van der Waals surface area contributed by atoms with Crippen LogP contribution in [0.3, 0.4) is 0 Å². The van der Waals surface area contributed by atoms with Crippen LogP contribution in [0.2, 0.25) is 0 Å². The second-order valence-electron chi connectivity index (χ2n) is 6.53. The third-order valence-corrected chi connectivity index (χ3v) is 4.34. The number of hydrogen-bond donors (Lipinski definition) is 2. The highest BCUT2D eigenvalue weighted by Gasteiger charge is 2.34. The number of hydrogen-bond acceptors (Lipinski definition) is 6. The summed E-state index contributed by atoms with van der Waals surface area (Å²) < 4.78 is 4.94. The molecule has 0 unspecified atom stereocenters. The second-order valence-corrected chi connectivity index (χ2v) is 6.53. The maximum absolute atomic E-state index is 11.8. The van der Waals surface area contributed by atoms with Gasteiger partial charge in [-0.05, 0) is 31.6 Å². The van der Waals surface area contributed by atoms with Crippen LogP contribution in [0.1, 0.15) is 65.2 Å². The Bertz CT molecular complexity index is 497. The van der Waals surface area contributed by atoms with E-state index in [9.17, 15) is 14.4 Å². The molecule has 1 saturated carbocycles. The molecular formula is C17H28N2O6. The third kappa shape index (κ3) is 8.00. The van der Waals surface area contributed by atoms with Crippen molar-refractivity contribution >= 4 is 23.7 Å². The number of carbonyl (C=O) groups is 3. The van der Waals surface area contributed by atoms with Crippen molar-refractivity contribution < 1.29 is 29.1 Å². The topological polar surface area (TPSA) is 114 Å². The Morgan fingerprint density at radius 1 is 1.20 bits per heavy atom. The molecule has 1 amide bonds. The molecule has 0 atom stereocenters. The molecule has 0 aromatic carbocycles. The number of aliphatic carboxylic acids is 1. The molecule has 0 spiro atoms. The van der Waals surface area contributed by atoms with Gasteiger partial charge in [0.05, 0.1) is 13.0 Å². The summed E-state index contributed by atoms with van der Waals surface area (Å²) in [6.07, 6.45) is 5.35. The zero-order valence-electron chi connectivity index (χ0n) is 15.0. The summed E-state index contributed by atoms with van der Waals surface area (Å²) in [5, 5.41) is 15.1. The van der Waals surface area contributed by atoms with Crippen LogP contribution < -0.4 is 5.32 Å². The SMILES string of the molecule is CCCCOC(=O)C(C)=NOC(=O)NCC1(CC(=O)O)CCCCC1. The summed E-state index contributed by atoms with van der Waals surface area (Å²) in [6, 6.07) is 0. The molecule has 2 N–H and O–H groups in total. The Morgan fingerprint density at radius 3 is 2.48 bits per heavy atom. The zero-order valence-corrected chi connectivity index (χ0v) is 15.0. The van der Waals surface area contributed by atoms with Gasteiger partial charge in [0.15, 0.2) is 5.71 Å². The molecule has 0 aliphatic heterocycles. The number of carbonyl (C=O) groups excluding carboxylic acids is 2. The summed E-state index contributed by atoms with van der Waals surface area (Å²) in [6.45, 7) is 3.89. The van der Waals surface area contributed by atoms with Crippen LogP contribution in [0.25, 0.3) is 0 Å². The molecule has 0 heterocycles. The Kier molecular flexibility index (Phi) is 8.94. The number of nitrogens with zero attached hydrogens (tertiary/aromatic N) is 1. The van der Waals surface area contributed by atoms with Crippen molar-refractivity contribution in [1.82, 2.24) is 5.32 Å². The molecule has 0 radical (unpaired) electrons. The number of amides is 1. The number of unbranched alkanes of at least 4 members (excludes halogenated alkanes) is 1. The maximum Gasteiger partial charge on any atom is 0.433 e. The second kappa shape index (κ2) is 10.7. The molecule has 0 aromatic rings. The molecule has 1 fully saturated rings. The quantitative estimate of drug-likeness (QED) is 0.216. The molecule has 1 rings (SSSR count). The molecule has 1 aliphatic rings. The third-order valence-electron chi connectivity index (χ3n) is 4.34. The number of carboxylic acids is 1. The van der Waals surface area contributed by atoms with Gasteiger partial charge >= 0.3 is 18.0 Å². The fourth-order valence-corrected chi connectivity index (χ4v) is 2.89. The number of esters is 1. The molecule has 142 valence electrons. The number of oxime groups is 1. The van der Waals surface area contributed by atoms with E-state index in [0.29, 0.717) is 6.61 Å². The van der Waals surface area contributed by atoms with Gasteiger partial charge in [-0.2, -0.15) is 0 Å². The summed E-state index contributed by atoms with van der Waals surface area (Å²) in [5.74, 6) is -1.50. The van der Waals surface area contributed by atoms with Gasteiger partial charge in [0.1, 0.15) is 0 Å². The van der Waals surface area contributed by atoms with Crippen LogP contribution in [0.5, 0.6) is 0 Å². The van der Waals surface area contributed by atoms with Crippen LogP contribution in [0, 0.1) is 5.41 Å². The Balaban J connectivity index is 2.45. The van der Waals surface area contributed by atoms with Crippen LogP contribution in [0.4, 0.5) is 4.79 Å². The fraction of sp³-hybridized carbons (Fsp3) is 0.765. The minimum atomic E-state index is -0.874. The van der Waals surface area contributed by atoms with E-state index in [1.807, 2.05) is 6.92 Å².